The van der Waals surface area contributed by atoms with Crippen LogP contribution in [0.4, 0.5) is 16.4 Å². The van der Waals surface area contributed by atoms with Crippen molar-refractivity contribution in [3.05, 3.63) is 106 Å². The predicted octanol–water partition coefficient (Wildman–Crippen LogP) is 7.31. The lowest BCUT2D eigenvalue weighted by atomic mass is 10.1. The van der Waals surface area contributed by atoms with E-state index in [4.69, 9.17) is 4.74 Å². The number of nitrogens with one attached hydrogen (secondary N) is 3. The van der Waals surface area contributed by atoms with E-state index in [0.29, 0.717) is 23.4 Å². The van der Waals surface area contributed by atoms with Gasteiger partial charge in [0.25, 0.3) is 5.91 Å². The van der Waals surface area contributed by atoms with Gasteiger partial charge in [0.1, 0.15) is 10.3 Å². The van der Waals surface area contributed by atoms with Gasteiger partial charge in [-0.05, 0) is 54.8 Å². The maximum atomic E-state index is 13.9. The number of methoxy groups -OCH3 is 1. The first-order valence-corrected chi connectivity index (χ1v) is 15.0. The van der Waals surface area contributed by atoms with Gasteiger partial charge in [-0.25, -0.2) is 4.79 Å². The summed E-state index contributed by atoms with van der Waals surface area (Å²) in [4.78, 5) is 53.0. The van der Waals surface area contributed by atoms with E-state index >= 15 is 0 Å². The molecular weight excluding hydrogens is 571 g/mol. The number of thiophene rings is 1. The smallest absolute Gasteiger partial charge is 0.341 e. The van der Waals surface area contributed by atoms with Crippen LogP contribution < -0.4 is 16.0 Å². The molecule has 4 rings (SSSR count). The number of amides is 3. The third-order valence-electron chi connectivity index (χ3n) is 6.20. The summed E-state index contributed by atoms with van der Waals surface area (Å²) >= 11 is 2.33. The van der Waals surface area contributed by atoms with Gasteiger partial charge in [-0.1, -0.05) is 61.5 Å². The monoisotopic (exact) mass is 601 g/mol. The van der Waals surface area contributed by atoms with Crippen LogP contribution in [0.15, 0.2) is 89.8 Å². The topological polar surface area (TPSA) is 114 Å². The van der Waals surface area contributed by atoms with Gasteiger partial charge >= 0.3 is 5.97 Å². The Morgan fingerprint density at radius 3 is 2.19 bits per heavy atom. The lowest BCUT2D eigenvalue weighted by molar-refractivity contribution is -0.116. The van der Waals surface area contributed by atoms with Crippen LogP contribution in [-0.2, 0) is 14.3 Å². The van der Waals surface area contributed by atoms with Crippen molar-refractivity contribution in [2.24, 2.45) is 0 Å². The second-order valence-electron chi connectivity index (χ2n) is 9.30. The standard InChI is InChI=1S/C32H31N3O5S2/c1-4-12-25(36)33-23-17-11-18-24(19-23)41-28(21-13-7-5-8-14-21)30(38)35-31-26(32(39)40-3)20(2)27(42-31)29(37)34-22-15-9-6-10-16-22/h5-11,13-19,28H,4,12H2,1-3H3,(H,33,36)(H,34,37)(H,35,38). The zero-order valence-electron chi connectivity index (χ0n) is 23.4. The third kappa shape index (κ3) is 7.65. The van der Waals surface area contributed by atoms with Crippen molar-refractivity contribution < 1.29 is 23.9 Å². The van der Waals surface area contributed by atoms with E-state index in [1.165, 1.54) is 18.9 Å². The SMILES string of the molecule is CCCC(=O)Nc1cccc(SC(C(=O)Nc2sc(C(=O)Nc3ccccc3)c(C)c2C(=O)OC)c2ccccc2)c1. The number of hydrogen-bond acceptors (Lipinski definition) is 7. The summed E-state index contributed by atoms with van der Waals surface area (Å²) in [7, 11) is 1.25. The van der Waals surface area contributed by atoms with Crippen LogP contribution in [0.2, 0.25) is 0 Å². The van der Waals surface area contributed by atoms with Crippen LogP contribution in [0.1, 0.15) is 56.2 Å². The Balaban J connectivity index is 1.63. The molecule has 0 aliphatic rings. The highest BCUT2D eigenvalue weighted by atomic mass is 32.2. The van der Waals surface area contributed by atoms with Gasteiger partial charge < -0.3 is 20.7 Å². The molecule has 8 nitrogen and oxygen atoms in total. The van der Waals surface area contributed by atoms with Crippen LogP contribution in [0.5, 0.6) is 0 Å². The average molecular weight is 602 g/mol. The number of thioether (sulfide) groups is 1. The molecule has 216 valence electrons. The highest BCUT2D eigenvalue weighted by Gasteiger charge is 2.29. The summed E-state index contributed by atoms with van der Waals surface area (Å²) in [5, 5.41) is 8.14. The molecular formula is C32H31N3O5S2. The molecule has 0 saturated heterocycles. The zero-order valence-corrected chi connectivity index (χ0v) is 25.1. The van der Waals surface area contributed by atoms with Crippen LogP contribution in [0, 0.1) is 6.92 Å². The largest absolute Gasteiger partial charge is 0.465 e. The van der Waals surface area contributed by atoms with Crippen molar-refractivity contribution in [2.45, 2.75) is 36.8 Å². The molecule has 0 aliphatic heterocycles. The van der Waals surface area contributed by atoms with Gasteiger partial charge in [0.2, 0.25) is 11.8 Å². The average Bonchev–Trinajstić information content (AvgIpc) is 3.32. The number of hydrogen-bond donors (Lipinski definition) is 3. The first kappa shape index (κ1) is 30.5. The number of anilines is 3. The van der Waals surface area contributed by atoms with Crippen molar-refractivity contribution >= 4 is 63.2 Å². The highest BCUT2D eigenvalue weighted by molar-refractivity contribution is 8.00. The fraction of sp³-hybridized carbons (Fsp3) is 0.188. The molecule has 1 aromatic heterocycles. The molecule has 0 bridgehead atoms. The van der Waals surface area contributed by atoms with Crippen molar-refractivity contribution in [1.29, 1.82) is 0 Å². The number of rotatable bonds is 11. The molecule has 3 aromatic carbocycles. The number of carbonyl (C=O) groups excluding carboxylic acids is 4. The summed E-state index contributed by atoms with van der Waals surface area (Å²) in [6.45, 7) is 3.59. The molecule has 4 aromatic rings. The van der Waals surface area contributed by atoms with Crippen LogP contribution >= 0.6 is 23.1 Å². The van der Waals surface area contributed by atoms with E-state index in [-0.39, 0.29) is 27.3 Å². The molecule has 0 spiro atoms. The molecule has 3 N–H and O–H groups in total. The van der Waals surface area contributed by atoms with Gasteiger partial charge in [-0.15, -0.1) is 23.1 Å². The van der Waals surface area contributed by atoms with Crippen molar-refractivity contribution in [1.82, 2.24) is 0 Å². The number of benzene rings is 3. The molecule has 0 saturated carbocycles. The lowest BCUT2D eigenvalue weighted by Crippen LogP contribution is -2.20. The molecule has 0 fully saturated rings. The molecule has 10 heteroatoms. The van der Waals surface area contributed by atoms with E-state index in [1.807, 2.05) is 61.5 Å². The highest BCUT2D eigenvalue weighted by Crippen LogP contribution is 2.40. The molecule has 0 aliphatic carbocycles. The van der Waals surface area contributed by atoms with Crippen LogP contribution in [-0.4, -0.2) is 30.8 Å². The van der Waals surface area contributed by atoms with Gasteiger partial charge in [0, 0.05) is 22.7 Å². The number of ether oxygens (including phenoxy) is 1. The third-order valence-corrected chi connectivity index (χ3v) is 8.65. The van der Waals surface area contributed by atoms with Crippen molar-refractivity contribution in [3.8, 4) is 0 Å². The molecule has 1 heterocycles. The Bertz CT molecular complexity index is 1570. The molecule has 1 atom stereocenters. The number of carbonyl (C=O) groups is 4. The number of esters is 1. The lowest BCUT2D eigenvalue weighted by Gasteiger charge is -2.17. The molecule has 42 heavy (non-hydrogen) atoms. The number of para-hydroxylation sites is 1. The Hall–Kier alpha value is -4.41. The fourth-order valence-corrected chi connectivity index (χ4v) is 6.36. The molecule has 3 amide bonds. The fourth-order valence-electron chi connectivity index (χ4n) is 4.19. The van der Waals surface area contributed by atoms with E-state index < -0.39 is 17.1 Å². The van der Waals surface area contributed by atoms with E-state index in [0.717, 1.165) is 28.2 Å². The van der Waals surface area contributed by atoms with Gasteiger partial charge in [-0.3, -0.25) is 14.4 Å². The Labute approximate surface area is 252 Å². The zero-order chi connectivity index (χ0) is 30.1. The summed E-state index contributed by atoms with van der Waals surface area (Å²) < 4.78 is 5.00. The maximum absolute atomic E-state index is 13.9. The minimum Gasteiger partial charge on any atom is -0.465 e. The quantitative estimate of drug-likeness (QED) is 0.123. The second kappa shape index (κ2) is 14.5. The van der Waals surface area contributed by atoms with Crippen LogP contribution in [0.25, 0.3) is 0 Å². The van der Waals surface area contributed by atoms with Gasteiger partial charge in [0.15, 0.2) is 0 Å². The van der Waals surface area contributed by atoms with Gasteiger partial charge in [-0.2, -0.15) is 0 Å². The van der Waals surface area contributed by atoms with E-state index in [1.54, 1.807) is 37.3 Å². The van der Waals surface area contributed by atoms with Gasteiger partial charge in [0.05, 0.1) is 17.6 Å². The minimum absolute atomic E-state index is 0.0764. The Morgan fingerprint density at radius 1 is 0.857 bits per heavy atom. The summed E-state index contributed by atoms with van der Waals surface area (Å²) in [6, 6.07) is 25.5. The first-order chi connectivity index (χ1) is 20.3. The predicted molar refractivity (Wildman–Crippen MR) is 168 cm³/mol. The first-order valence-electron chi connectivity index (χ1n) is 13.3. The second-order valence-corrected chi connectivity index (χ2v) is 11.5. The molecule has 1 unspecified atom stereocenters. The van der Waals surface area contributed by atoms with Crippen molar-refractivity contribution in [3.63, 3.8) is 0 Å². The Morgan fingerprint density at radius 2 is 1.52 bits per heavy atom. The van der Waals surface area contributed by atoms with E-state index in [9.17, 15) is 19.2 Å². The maximum Gasteiger partial charge on any atom is 0.341 e. The summed E-state index contributed by atoms with van der Waals surface area (Å²) in [5.41, 5.74) is 2.53. The summed E-state index contributed by atoms with van der Waals surface area (Å²) in [6.07, 6.45) is 1.16. The normalized spacial score (nSPS) is 11.3. The molecule has 0 radical (unpaired) electrons. The van der Waals surface area contributed by atoms with E-state index in [2.05, 4.69) is 16.0 Å². The summed E-state index contributed by atoms with van der Waals surface area (Å²) in [5.74, 6) is -1.51. The van der Waals surface area contributed by atoms with Crippen molar-refractivity contribution in [2.75, 3.05) is 23.1 Å². The minimum atomic E-state index is -0.706. The Kier molecular flexibility index (Phi) is 10.5. The van der Waals surface area contributed by atoms with Crippen LogP contribution in [0.3, 0.4) is 0 Å².